The number of nitrogens with one attached hydrogen (secondary N) is 2. The highest BCUT2D eigenvalue weighted by atomic mass is 16.4. The van der Waals surface area contributed by atoms with Crippen LogP contribution >= 0.6 is 0 Å². The third-order valence-corrected chi connectivity index (χ3v) is 3.81. The molecule has 3 N–H and O–H groups in total. The van der Waals surface area contributed by atoms with Crippen LogP contribution in [0.25, 0.3) is 0 Å². The van der Waals surface area contributed by atoms with Gasteiger partial charge in [-0.2, -0.15) is 0 Å². The Kier molecular flexibility index (Phi) is 4.29. The number of hydrogen-bond donors (Lipinski definition) is 3. The average molecular weight is 294 g/mol. The van der Waals surface area contributed by atoms with Crippen molar-refractivity contribution >= 4 is 11.9 Å². The van der Waals surface area contributed by atoms with Crippen molar-refractivity contribution in [2.75, 3.05) is 0 Å². The van der Waals surface area contributed by atoms with Crippen LogP contribution in [0.3, 0.4) is 0 Å². The molecule has 1 amide bonds. The summed E-state index contributed by atoms with van der Waals surface area (Å²) < 4.78 is 0. The maximum absolute atomic E-state index is 12.1. The summed E-state index contributed by atoms with van der Waals surface area (Å²) in [4.78, 5) is 27.2. The standard InChI is InChI=1S/C14H22N4O3/c1-14(2,3)13-16-10(17-18-13)11(19)15-9-6-4-8(5-7-9)12(20)21/h8-9H,4-7H2,1-3H3,(H,15,19)(H,20,21)(H,16,17,18). The second kappa shape index (κ2) is 5.83. The van der Waals surface area contributed by atoms with Crippen LogP contribution in [0.5, 0.6) is 0 Å². The Morgan fingerprint density at radius 3 is 2.33 bits per heavy atom. The summed E-state index contributed by atoms with van der Waals surface area (Å²) in [5.74, 6) is -0.527. The van der Waals surface area contributed by atoms with E-state index in [9.17, 15) is 9.59 Å². The highest BCUT2D eigenvalue weighted by Crippen LogP contribution is 2.24. The molecule has 0 unspecified atom stereocenters. The Morgan fingerprint density at radius 1 is 1.24 bits per heavy atom. The molecule has 0 bridgehead atoms. The first kappa shape index (κ1) is 15.5. The van der Waals surface area contributed by atoms with Crippen molar-refractivity contribution < 1.29 is 14.7 Å². The van der Waals surface area contributed by atoms with Crippen LogP contribution in [0.4, 0.5) is 0 Å². The molecule has 0 spiro atoms. The average Bonchev–Trinajstić information content (AvgIpc) is 2.88. The molecule has 0 atom stereocenters. The van der Waals surface area contributed by atoms with Crippen LogP contribution in [0.1, 0.15) is 62.9 Å². The summed E-state index contributed by atoms with van der Waals surface area (Å²) in [7, 11) is 0. The zero-order chi connectivity index (χ0) is 15.6. The van der Waals surface area contributed by atoms with E-state index in [1.165, 1.54) is 0 Å². The van der Waals surface area contributed by atoms with Gasteiger partial charge in [-0.1, -0.05) is 20.8 Å². The second-order valence-corrected chi connectivity index (χ2v) is 6.62. The molecule has 1 aromatic heterocycles. The third-order valence-electron chi connectivity index (χ3n) is 3.81. The Morgan fingerprint density at radius 2 is 1.86 bits per heavy atom. The van der Waals surface area contributed by atoms with E-state index >= 15 is 0 Å². The zero-order valence-corrected chi connectivity index (χ0v) is 12.6. The van der Waals surface area contributed by atoms with Gasteiger partial charge in [-0.15, -0.1) is 5.10 Å². The minimum Gasteiger partial charge on any atom is -0.481 e. The molecule has 0 saturated heterocycles. The van der Waals surface area contributed by atoms with Gasteiger partial charge in [-0.05, 0) is 25.7 Å². The molecule has 0 aromatic carbocycles. The molecule has 1 fully saturated rings. The number of amides is 1. The van der Waals surface area contributed by atoms with Crippen LogP contribution in [-0.4, -0.2) is 38.2 Å². The first-order valence-electron chi connectivity index (χ1n) is 7.24. The number of carboxylic acid groups (broad SMARTS) is 1. The number of H-pyrrole nitrogens is 1. The third kappa shape index (κ3) is 3.80. The SMILES string of the molecule is CC(C)(C)c1nc(C(=O)NC2CCC(C(=O)O)CC2)n[nH]1. The van der Waals surface area contributed by atoms with E-state index in [1.807, 2.05) is 20.8 Å². The highest BCUT2D eigenvalue weighted by molar-refractivity contribution is 5.90. The van der Waals surface area contributed by atoms with Crippen LogP contribution in [0.15, 0.2) is 0 Å². The number of hydrogen-bond acceptors (Lipinski definition) is 4. The minimum atomic E-state index is -0.747. The van der Waals surface area contributed by atoms with Crippen LogP contribution < -0.4 is 5.32 Å². The predicted octanol–water partition coefficient (Wildman–Crippen LogP) is 1.48. The van der Waals surface area contributed by atoms with Gasteiger partial charge in [0.1, 0.15) is 5.82 Å². The van der Waals surface area contributed by atoms with Crippen LogP contribution in [0, 0.1) is 5.92 Å². The molecule has 21 heavy (non-hydrogen) atoms. The number of nitrogens with zero attached hydrogens (tertiary/aromatic N) is 2. The topological polar surface area (TPSA) is 108 Å². The molecular weight excluding hydrogens is 272 g/mol. The molecule has 2 rings (SSSR count). The fourth-order valence-corrected chi connectivity index (χ4v) is 2.43. The summed E-state index contributed by atoms with van der Waals surface area (Å²) in [6.07, 6.45) is 2.56. The van der Waals surface area contributed by atoms with Crippen molar-refractivity contribution in [3.63, 3.8) is 0 Å². The predicted molar refractivity (Wildman–Crippen MR) is 75.9 cm³/mol. The monoisotopic (exact) mass is 294 g/mol. The Balaban J connectivity index is 1.91. The second-order valence-electron chi connectivity index (χ2n) is 6.62. The summed E-state index contributed by atoms with van der Waals surface area (Å²) in [6.45, 7) is 5.97. The van der Waals surface area contributed by atoms with E-state index in [4.69, 9.17) is 5.11 Å². The minimum absolute atomic E-state index is 0.00434. The van der Waals surface area contributed by atoms with Gasteiger partial charge in [0.2, 0.25) is 5.82 Å². The normalized spacial score (nSPS) is 22.8. The smallest absolute Gasteiger partial charge is 0.306 e. The molecule has 1 aliphatic carbocycles. The van der Waals surface area contributed by atoms with Gasteiger partial charge in [0.05, 0.1) is 5.92 Å². The van der Waals surface area contributed by atoms with Gasteiger partial charge < -0.3 is 10.4 Å². The van der Waals surface area contributed by atoms with Gasteiger partial charge in [-0.25, -0.2) is 4.98 Å². The van der Waals surface area contributed by atoms with Crippen molar-refractivity contribution in [1.82, 2.24) is 20.5 Å². The van der Waals surface area contributed by atoms with E-state index < -0.39 is 5.97 Å². The van der Waals surface area contributed by atoms with Gasteiger partial charge in [-0.3, -0.25) is 14.7 Å². The highest BCUT2D eigenvalue weighted by Gasteiger charge is 2.28. The first-order valence-corrected chi connectivity index (χ1v) is 7.24. The lowest BCUT2D eigenvalue weighted by molar-refractivity contribution is -0.142. The Labute approximate surface area is 123 Å². The number of aromatic nitrogens is 3. The number of aromatic amines is 1. The lowest BCUT2D eigenvalue weighted by Crippen LogP contribution is -2.39. The molecule has 0 radical (unpaired) electrons. The number of carbonyl (C=O) groups excluding carboxylic acids is 1. The van der Waals surface area contributed by atoms with Gasteiger partial charge in [0.25, 0.3) is 5.91 Å². The molecule has 116 valence electrons. The number of aliphatic carboxylic acids is 1. The fourth-order valence-electron chi connectivity index (χ4n) is 2.43. The zero-order valence-electron chi connectivity index (χ0n) is 12.6. The van der Waals surface area contributed by atoms with Crippen molar-refractivity contribution in [1.29, 1.82) is 0 Å². The van der Waals surface area contributed by atoms with E-state index in [0.29, 0.717) is 31.5 Å². The molecule has 7 nitrogen and oxygen atoms in total. The van der Waals surface area contributed by atoms with Crippen molar-refractivity contribution in [3.8, 4) is 0 Å². The summed E-state index contributed by atoms with van der Waals surface area (Å²) >= 11 is 0. The van der Waals surface area contributed by atoms with Gasteiger partial charge in [0.15, 0.2) is 0 Å². The van der Waals surface area contributed by atoms with Crippen LogP contribution in [0.2, 0.25) is 0 Å². The van der Waals surface area contributed by atoms with Gasteiger partial charge >= 0.3 is 5.97 Å². The first-order chi connectivity index (χ1) is 9.77. The van der Waals surface area contributed by atoms with E-state index in [2.05, 4.69) is 20.5 Å². The molecule has 1 aromatic rings. The van der Waals surface area contributed by atoms with Crippen molar-refractivity contribution in [3.05, 3.63) is 11.6 Å². The van der Waals surface area contributed by atoms with E-state index in [-0.39, 0.29) is 29.1 Å². The maximum atomic E-state index is 12.1. The number of rotatable bonds is 3. The van der Waals surface area contributed by atoms with Crippen LogP contribution in [-0.2, 0) is 10.2 Å². The molecule has 0 aliphatic heterocycles. The largest absolute Gasteiger partial charge is 0.481 e. The van der Waals surface area contributed by atoms with Gasteiger partial charge in [0, 0.05) is 11.5 Å². The summed E-state index contributed by atoms with van der Waals surface area (Å²) in [5, 5.41) is 18.6. The number of carboxylic acids is 1. The fraction of sp³-hybridized carbons (Fsp3) is 0.714. The Bertz CT molecular complexity index is 525. The maximum Gasteiger partial charge on any atom is 0.306 e. The number of carbonyl (C=O) groups is 2. The quantitative estimate of drug-likeness (QED) is 0.782. The van der Waals surface area contributed by atoms with Crippen molar-refractivity contribution in [2.24, 2.45) is 5.92 Å². The molecule has 1 aliphatic rings. The summed E-state index contributed by atoms with van der Waals surface area (Å²) in [6, 6.07) is 0.00434. The van der Waals surface area contributed by atoms with E-state index in [0.717, 1.165) is 0 Å². The summed E-state index contributed by atoms with van der Waals surface area (Å²) in [5.41, 5.74) is -0.189. The molecule has 1 saturated carbocycles. The van der Waals surface area contributed by atoms with E-state index in [1.54, 1.807) is 0 Å². The lowest BCUT2D eigenvalue weighted by atomic mass is 9.86. The van der Waals surface area contributed by atoms with Crippen molar-refractivity contribution in [2.45, 2.75) is 57.9 Å². The molecule has 7 heteroatoms. The Hall–Kier alpha value is -1.92. The lowest BCUT2D eigenvalue weighted by Gasteiger charge is -2.26. The molecule has 1 heterocycles. The molecular formula is C14H22N4O3.